The zero-order valence-corrected chi connectivity index (χ0v) is 14.2. The Morgan fingerprint density at radius 1 is 1.36 bits per heavy atom. The summed E-state index contributed by atoms with van der Waals surface area (Å²) >= 11 is 0. The zero-order chi connectivity index (χ0) is 18.0. The highest BCUT2D eigenvalue weighted by molar-refractivity contribution is 5.05. The monoisotopic (exact) mass is 346 g/mol. The van der Waals surface area contributed by atoms with Crippen LogP contribution in [0.25, 0.3) is 0 Å². The second-order valence-electron chi connectivity index (χ2n) is 6.21. The van der Waals surface area contributed by atoms with Gasteiger partial charge in [-0.2, -0.15) is 0 Å². The molecule has 2 aromatic heterocycles. The number of aromatic nitrogens is 3. The maximum Gasteiger partial charge on any atom is 0.330 e. The van der Waals surface area contributed by atoms with Gasteiger partial charge in [-0.3, -0.25) is 24.2 Å². The van der Waals surface area contributed by atoms with E-state index in [1.165, 1.54) is 16.8 Å². The number of aliphatic hydroxyl groups is 1. The van der Waals surface area contributed by atoms with Crippen molar-refractivity contribution in [1.29, 1.82) is 0 Å². The van der Waals surface area contributed by atoms with Crippen molar-refractivity contribution in [3.8, 4) is 0 Å². The third kappa shape index (κ3) is 3.55. The molecule has 1 saturated heterocycles. The minimum atomic E-state index is -0.762. The lowest BCUT2D eigenvalue weighted by Gasteiger charge is -2.30. The number of rotatable bonds is 5. The number of aromatic amines is 1. The van der Waals surface area contributed by atoms with Crippen LogP contribution in [0.5, 0.6) is 0 Å². The fourth-order valence-corrected chi connectivity index (χ4v) is 3.26. The molecule has 0 bridgehead atoms. The molecule has 1 aliphatic heterocycles. The summed E-state index contributed by atoms with van der Waals surface area (Å²) in [6.07, 6.45) is 1.88. The number of likely N-dealkylation sites (N-methyl/N-ethyl adjacent to an activating group) is 1. The van der Waals surface area contributed by atoms with E-state index < -0.39 is 29.6 Å². The fourth-order valence-electron chi connectivity index (χ4n) is 3.26. The average Bonchev–Trinajstić information content (AvgIpc) is 2.92. The molecule has 1 aliphatic rings. The van der Waals surface area contributed by atoms with E-state index >= 15 is 0 Å². The summed E-state index contributed by atoms with van der Waals surface area (Å²) in [6.45, 7) is 2.42. The van der Waals surface area contributed by atoms with Crippen LogP contribution in [0.3, 0.4) is 0 Å². The number of ether oxygens (including phenoxy) is 1. The number of hydrogen-bond donors (Lipinski definition) is 2. The quantitative estimate of drug-likeness (QED) is 0.796. The van der Waals surface area contributed by atoms with Gasteiger partial charge in [-0.25, -0.2) is 4.79 Å². The number of H-pyrrole nitrogens is 1. The first-order chi connectivity index (χ1) is 12.0. The number of nitrogens with zero attached hydrogens (tertiary/aromatic N) is 3. The molecular formula is C17H22N4O4. The molecule has 0 amide bonds. The number of pyridine rings is 1. The van der Waals surface area contributed by atoms with E-state index in [1.807, 2.05) is 37.1 Å². The van der Waals surface area contributed by atoms with Gasteiger partial charge in [0.2, 0.25) is 0 Å². The van der Waals surface area contributed by atoms with Crippen molar-refractivity contribution in [3.05, 3.63) is 63.2 Å². The Balaban J connectivity index is 1.92. The van der Waals surface area contributed by atoms with E-state index in [4.69, 9.17) is 4.74 Å². The molecule has 25 heavy (non-hydrogen) atoms. The van der Waals surface area contributed by atoms with Crippen LogP contribution < -0.4 is 11.2 Å². The van der Waals surface area contributed by atoms with Gasteiger partial charge < -0.3 is 9.84 Å². The van der Waals surface area contributed by atoms with E-state index in [-0.39, 0.29) is 6.10 Å². The van der Waals surface area contributed by atoms with Gasteiger partial charge in [0.1, 0.15) is 6.10 Å². The maximum atomic E-state index is 12.2. The number of aliphatic hydroxyl groups excluding tert-OH is 1. The van der Waals surface area contributed by atoms with E-state index in [2.05, 4.69) is 9.97 Å². The second kappa shape index (κ2) is 7.30. The third-order valence-corrected chi connectivity index (χ3v) is 4.51. The topological polar surface area (TPSA) is 100 Å². The SMILES string of the molecule is CC[C@H]1O[C@@H](n2ccc(=O)[nH]c2=O)C(N(C)Cc2ccccn2)[C@H]1O. The van der Waals surface area contributed by atoms with Crippen LogP contribution in [0.15, 0.2) is 46.2 Å². The predicted octanol–water partition coefficient (Wildman–Crippen LogP) is 0.100. The summed E-state index contributed by atoms with van der Waals surface area (Å²) in [5.41, 5.74) is -0.173. The molecule has 0 saturated carbocycles. The van der Waals surface area contributed by atoms with Crippen molar-refractivity contribution < 1.29 is 9.84 Å². The maximum absolute atomic E-state index is 12.2. The van der Waals surface area contributed by atoms with E-state index in [0.717, 1.165) is 5.69 Å². The van der Waals surface area contributed by atoms with Crippen LogP contribution in [0, 0.1) is 0 Å². The van der Waals surface area contributed by atoms with Crippen molar-refractivity contribution in [2.75, 3.05) is 7.05 Å². The second-order valence-corrected chi connectivity index (χ2v) is 6.21. The van der Waals surface area contributed by atoms with Crippen LogP contribution in [-0.2, 0) is 11.3 Å². The molecule has 3 heterocycles. The molecule has 0 spiro atoms. The van der Waals surface area contributed by atoms with Gasteiger partial charge in [0.05, 0.1) is 17.8 Å². The fraction of sp³-hybridized carbons (Fsp3) is 0.471. The molecule has 4 atom stereocenters. The lowest BCUT2D eigenvalue weighted by molar-refractivity contribution is -0.0298. The van der Waals surface area contributed by atoms with Crippen LogP contribution >= 0.6 is 0 Å². The average molecular weight is 346 g/mol. The van der Waals surface area contributed by atoms with Gasteiger partial charge in [0.25, 0.3) is 5.56 Å². The predicted molar refractivity (Wildman–Crippen MR) is 91.0 cm³/mol. The minimum absolute atomic E-state index is 0.389. The highest BCUT2D eigenvalue weighted by Crippen LogP contribution is 2.33. The molecule has 134 valence electrons. The molecule has 8 heteroatoms. The highest BCUT2D eigenvalue weighted by atomic mass is 16.5. The molecule has 0 aliphatic carbocycles. The Labute approximate surface area is 144 Å². The van der Waals surface area contributed by atoms with Gasteiger partial charge >= 0.3 is 5.69 Å². The summed E-state index contributed by atoms with van der Waals surface area (Å²) in [4.78, 5) is 31.9. The van der Waals surface area contributed by atoms with Crippen LogP contribution in [-0.4, -0.2) is 49.8 Å². The third-order valence-electron chi connectivity index (χ3n) is 4.51. The van der Waals surface area contributed by atoms with Crippen LogP contribution in [0.2, 0.25) is 0 Å². The Bertz CT molecular complexity index is 819. The lowest BCUT2D eigenvalue weighted by atomic mass is 10.0. The Morgan fingerprint density at radius 2 is 2.16 bits per heavy atom. The summed E-state index contributed by atoms with van der Waals surface area (Å²) < 4.78 is 7.25. The first-order valence-corrected chi connectivity index (χ1v) is 8.26. The smallest absolute Gasteiger partial charge is 0.330 e. The zero-order valence-electron chi connectivity index (χ0n) is 14.2. The van der Waals surface area contributed by atoms with Crippen molar-refractivity contribution in [1.82, 2.24) is 19.4 Å². The van der Waals surface area contributed by atoms with Crippen molar-refractivity contribution in [2.45, 2.75) is 44.4 Å². The minimum Gasteiger partial charge on any atom is -0.389 e. The molecule has 1 fully saturated rings. The van der Waals surface area contributed by atoms with E-state index in [0.29, 0.717) is 13.0 Å². The molecule has 8 nitrogen and oxygen atoms in total. The summed E-state index contributed by atoms with van der Waals surface area (Å²) in [5, 5.41) is 10.7. The Hall–Kier alpha value is -2.29. The molecule has 3 rings (SSSR count). The summed E-state index contributed by atoms with van der Waals surface area (Å²) in [6, 6.07) is 6.46. The Morgan fingerprint density at radius 3 is 2.80 bits per heavy atom. The van der Waals surface area contributed by atoms with Gasteiger partial charge in [0.15, 0.2) is 6.23 Å². The molecule has 0 radical (unpaired) electrons. The summed E-state index contributed by atoms with van der Waals surface area (Å²) in [7, 11) is 1.85. The molecule has 2 N–H and O–H groups in total. The summed E-state index contributed by atoms with van der Waals surface area (Å²) in [5.74, 6) is 0. The normalized spacial score (nSPS) is 26.2. The largest absolute Gasteiger partial charge is 0.389 e. The first-order valence-electron chi connectivity index (χ1n) is 8.26. The van der Waals surface area contributed by atoms with Gasteiger partial charge in [-0.1, -0.05) is 13.0 Å². The number of nitrogens with one attached hydrogen (secondary N) is 1. The van der Waals surface area contributed by atoms with Gasteiger partial charge in [-0.15, -0.1) is 0 Å². The van der Waals surface area contributed by atoms with Crippen LogP contribution in [0.4, 0.5) is 0 Å². The lowest BCUT2D eigenvalue weighted by Crippen LogP contribution is -2.46. The molecule has 2 aromatic rings. The number of hydrogen-bond acceptors (Lipinski definition) is 6. The highest BCUT2D eigenvalue weighted by Gasteiger charge is 2.46. The molecule has 0 aromatic carbocycles. The van der Waals surface area contributed by atoms with Gasteiger partial charge in [-0.05, 0) is 25.6 Å². The molecule has 1 unspecified atom stereocenters. The molecular weight excluding hydrogens is 324 g/mol. The van der Waals surface area contributed by atoms with Crippen molar-refractivity contribution >= 4 is 0 Å². The van der Waals surface area contributed by atoms with E-state index in [9.17, 15) is 14.7 Å². The standard InChI is InChI=1S/C17H22N4O4/c1-3-12-15(23)14(20(2)10-11-6-4-5-8-18-11)16(25-12)21-9-7-13(22)19-17(21)24/h4-9,12,14-16,23H,3,10H2,1-2H3,(H,19,22,24)/t12-,14?,15+,16-/m1/s1. The Kier molecular flexibility index (Phi) is 5.12. The van der Waals surface area contributed by atoms with Crippen LogP contribution in [0.1, 0.15) is 25.3 Å². The first kappa shape index (κ1) is 17.5. The van der Waals surface area contributed by atoms with Gasteiger partial charge in [0, 0.05) is 25.0 Å². The van der Waals surface area contributed by atoms with Crippen molar-refractivity contribution in [2.24, 2.45) is 0 Å². The van der Waals surface area contributed by atoms with E-state index in [1.54, 1.807) is 6.20 Å². The van der Waals surface area contributed by atoms with Crippen molar-refractivity contribution in [3.63, 3.8) is 0 Å².